The monoisotopic (exact) mass is 314 g/mol. The van der Waals surface area contributed by atoms with E-state index < -0.39 is 0 Å². The molecule has 0 saturated heterocycles. The summed E-state index contributed by atoms with van der Waals surface area (Å²) in [5, 5.41) is 2.62. The summed E-state index contributed by atoms with van der Waals surface area (Å²) in [7, 11) is 1.57. The van der Waals surface area contributed by atoms with Crippen LogP contribution < -0.4 is 15.8 Å². The van der Waals surface area contributed by atoms with Crippen LogP contribution in [0.1, 0.15) is 46.8 Å². The van der Waals surface area contributed by atoms with Crippen LogP contribution in [0.25, 0.3) is 0 Å². The van der Waals surface area contributed by atoms with Gasteiger partial charge in [0, 0.05) is 7.05 Å². The van der Waals surface area contributed by atoms with E-state index in [1.165, 1.54) is 0 Å². The quantitative estimate of drug-likeness (QED) is 0.885. The van der Waals surface area contributed by atoms with Crippen LogP contribution in [0.5, 0.6) is 5.75 Å². The van der Waals surface area contributed by atoms with Crippen molar-refractivity contribution in [1.29, 1.82) is 0 Å². The summed E-state index contributed by atoms with van der Waals surface area (Å²) in [4.78, 5) is 20.6. The van der Waals surface area contributed by atoms with Gasteiger partial charge in [-0.05, 0) is 32.4 Å². The van der Waals surface area contributed by atoms with Crippen molar-refractivity contribution in [1.82, 2.24) is 15.3 Å². The van der Waals surface area contributed by atoms with Gasteiger partial charge < -0.3 is 15.8 Å². The number of nitrogens with one attached hydrogen (secondary N) is 1. The minimum Gasteiger partial charge on any atom is -0.484 e. The largest absolute Gasteiger partial charge is 0.484 e. The van der Waals surface area contributed by atoms with E-state index in [0.29, 0.717) is 23.4 Å². The molecule has 23 heavy (non-hydrogen) atoms. The molecule has 0 spiro atoms. The summed E-state index contributed by atoms with van der Waals surface area (Å²) in [5.41, 5.74) is 8.39. The number of hydrogen-bond donors (Lipinski definition) is 2. The highest BCUT2D eigenvalue weighted by Gasteiger charge is 2.24. The van der Waals surface area contributed by atoms with Crippen molar-refractivity contribution in [3.63, 3.8) is 0 Å². The number of amides is 1. The molecular formula is C17H22N4O2. The summed E-state index contributed by atoms with van der Waals surface area (Å²) in [6, 6.07) is 7.74. The van der Waals surface area contributed by atoms with Gasteiger partial charge in [-0.15, -0.1) is 0 Å². The molecule has 122 valence electrons. The second-order valence-corrected chi connectivity index (χ2v) is 5.33. The summed E-state index contributed by atoms with van der Waals surface area (Å²) in [5.74, 6) is 0.611. The number of hydrogen-bond acceptors (Lipinski definition) is 5. The molecule has 1 aromatic heterocycles. The first kappa shape index (κ1) is 16.7. The lowest BCUT2D eigenvalue weighted by atomic mass is 10.0. The molecule has 1 amide bonds. The second kappa shape index (κ2) is 7.09. The summed E-state index contributed by atoms with van der Waals surface area (Å²) in [6.45, 7) is 5.73. The first-order chi connectivity index (χ1) is 11.0. The zero-order valence-corrected chi connectivity index (χ0v) is 13.9. The molecule has 0 radical (unpaired) electrons. The van der Waals surface area contributed by atoms with Gasteiger partial charge in [-0.3, -0.25) is 4.79 Å². The van der Waals surface area contributed by atoms with Crippen molar-refractivity contribution >= 4 is 11.9 Å². The Morgan fingerprint density at radius 2 is 1.91 bits per heavy atom. The molecule has 0 saturated carbocycles. The Kier molecular flexibility index (Phi) is 5.16. The molecule has 1 aromatic carbocycles. The zero-order chi connectivity index (χ0) is 17.0. The predicted molar refractivity (Wildman–Crippen MR) is 89.4 cm³/mol. The van der Waals surface area contributed by atoms with E-state index in [1.54, 1.807) is 14.0 Å². The molecule has 6 nitrogen and oxygen atoms in total. The van der Waals surface area contributed by atoms with Crippen LogP contribution in [0.3, 0.4) is 0 Å². The molecular weight excluding hydrogens is 292 g/mol. The number of carbonyl (C=O) groups excluding carboxylic acids is 1. The molecule has 0 aliphatic rings. The first-order valence-electron chi connectivity index (χ1n) is 7.55. The standard InChI is InChI=1S/C17H22N4O2/c1-5-13(23-12-8-6-10(2)7-9-12)15-14(16(22)19-4)11(3)20-17(18)21-15/h6-9,13H,5H2,1-4H3,(H,19,22)(H2,18,20,21). The van der Waals surface area contributed by atoms with Crippen molar-refractivity contribution in [2.75, 3.05) is 12.8 Å². The Labute approximate surface area is 136 Å². The maximum Gasteiger partial charge on any atom is 0.254 e. The molecule has 0 fully saturated rings. The maximum atomic E-state index is 12.2. The number of benzene rings is 1. The van der Waals surface area contributed by atoms with E-state index in [0.717, 1.165) is 11.3 Å². The van der Waals surface area contributed by atoms with Crippen LogP contribution in [0, 0.1) is 13.8 Å². The minimum atomic E-state index is -0.381. The number of ether oxygens (including phenoxy) is 1. The van der Waals surface area contributed by atoms with E-state index in [1.807, 2.05) is 38.1 Å². The van der Waals surface area contributed by atoms with Crippen LogP contribution in [0.2, 0.25) is 0 Å². The van der Waals surface area contributed by atoms with Gasteiger partial charge in [0.2, 0.25) is 5.95 Å². The van der Waals surface area contributed by atoms with Gasteiger partial charge in [-0.1, -0.05) is 24.6 Å². The average molecular weight is 314 g/mol. The fraction of sp³-hybridized carbons (Fsp3) is 0.353. The molecule has 2 aromatic rings. The fourth-order valence-electron chi connectivity index (χ4n) is 2.37. The van der Waals surface area contributed by atoms with Gasteiger partial charge in [0.15, 0.2) is 0 Å². The number of nitrogens with two attached hydrogens (primary N) is 1. The first-order valence-corrected chi connectivity index (χ1v) is 7.55. The lowest BCUT2D eigenvalue weighted by molar-refractivity contribution is 0.0955. The van der Waals surface area contributed by atoms with E-state index in [4.69, 9.17) is 10.5 Å². The molecule has 1 heterocycles. The molecule has 0 aliphatic heterocycles. The van der Waals surface area contributed by atoms with Crippen LogP contribution in [-0.2, 0) is 0 Å². The Morgan fingerprint density at radius 1 is 1.26 bits per heavy atom. The van der Waals surface area contributed by atoms with Crippen molar-refractivity contribution in [2.45, 2.75) is 33.3 Å². The lowest BCUT2D eigenvalue weighted by Crippen LogP contribution is -2.25. The number of aryl methyl sites for hydroxylation is 2. The number of aromatic nitrogens is 2. The van der Waals surface area contributed by atoms with Gasteiger partial charge in [0.1, 0.15) is 11.9 Å². The van der Waals surface area contributed by atoms with Gasteiger partial charge in [-0.25, -0.2) is 9.97 Å². The molecule has 2 rings (SSSR count). The van der Waals surface area contributed by atoms with Crippen molar-refractivity contribution in [3.05, 3.63) is 46.8 Å². The summed E-state index contributed by atoms with van der Waals surface area (Å²) < 4.78 is 6.02. The Hall–Kier alpha value is -2.63. The van der Waals surface area contributed by atoms with Gasteiger partial charge in [0.25, 0.3) is 5.91 Å². The SMILES string of the molecule is CCC(Oc1ccc(C)cc1)c1nc(N)nc(C)c1C(=O)NC. The lowest BCUT2D eigenvalue weighted by Gasteiger charge is -2.20. The third-order valence-electron chi connectivity index (χ3n) is 3.56. The van der Waals surface area contributed by atoms with E-state index in [2.05, 4.69) is 15.3 Å². The molecule has 0 aliphatic carbocycles. The molecule has 1 unspecified atom stereocenters. The molecule has 0 bridgehead atoms. The summed E-state index contributed by atoms with van der Waals surface area (Å²) >= 11 is 0. The number of nitrogen functional groups attached to an aromatic ring is 1. The molecule has 1 atom stereocenters. The minimum absolute atomic E-state index is 0.135. The third-order valence-corrected chi connectivity index (χ3v) is 3.56. The van der Waals surface area contributed by atoms with Crippen LogP contribution in [-0.4, -0.2) is 22.9 Å². The summed E-state index contributed by atoms with van der Waals surface area (Å²) in [6.07, 6.45) is 0.266. The Bertz CT molecular complexity index is 698. The van der Waals surface area contributed by atoms with Crippen molar-refractivity contribution in [3.8, 4) is 5.75 Å². The van der Waals surface area contributed by atoms with E-state index in [-0.39, 0.29) is 18.0 Å². The van der Waals surface area contributed by atoms with Crippen LogP contribution in [0.4, 0.5) is 5.95 Å². The normalized spacial score (nSPS) is 11.8. The average Bonchev–Trinajstić information content (AvgIpc) is 2.53. The maximum absolute atomic E-state index is 12.2. The topological polar surface area (TPSA) is 90.1 Å². The van der Waals surface area contributed by atoms with E-state index >= 15 is 0 Å². The molecule has 6 heteroatoms. The van der Waals surface area contributed by atoms with E-state index in [9.17, 15) is 4.79 Å². The number of nitrogens with zero attached hydrogens (tertiary/aromatic N) is 2. The second-order valence-electron chi connectivity index (χ2n) is 5.33. The Balaban J connectivity index is 2.44. The van der Waals surface area contributed by atoms with Crippen LogP contribution >= 0.6 is 0 Å². The number of carbonyl (C=O) groups is 1. The predicted octanol–water partition coefficient (Wildman–Crippen LogP) is 2.57. The highest BCUT2D eigenvalue weighted by molar-refractivity contribution is 5.96. The Morgan fingerprint density at radius 3 is 2.48 bits per heavy atom. The van der Waals surface area contributed by atoms with Crippen molar-refractivity contribution in [2.24, 2.45) is 0 Å². The highest BCUT2D eigenvalue weighted by Crippen LogP contribution is 2.27. The number of anilines is 1. The van der Waals surface area contributed by atoms with Gasteiger partial charge >= 0.3 is 0 Å². The fourth-order valence-corrected chi connectivity index (χ4v) is 2.37. The van der Waals surface area contributed by atoms with Gasteiger partial charge in [-0.2, -0.15) is 0 Å². The van der Waals surface area contributed by atoms with Gasteiger partial charge in [0.05, 0.1) is 17.0 Å². The highest BCUT2D eigenvalue weighted by atomic mass is 16.5. The van der Waals surface area contributed by atoms with Crippen LogP contribution in [0.15, 0.2) is 24.3 Å². The number of rotatable bonds is 5. The zero-order valence-electron chi connectivity index (χ0n) is 13.9. The van der Waals surface area contributed by atoms with Crippen molar-refractivity contribution < 1.29 is 9.53 Å². The molecule has 3 N–H and O–H groups in total. The smallest absolute Gasteiger partial charge is 0.254 e. The third kappa shape index (κ3) is 3.77.